The lowest BCUT2D eigenvalue weighted by molar-refractivity contribution is -0.140. The van der Waals surface area contributed by atoms with Gasteiger partial charge in [0.2, 0.25) is 0 Å². The number of methoxy groups -OCH3 is 1. The van der Waals surface area contributed by atoms with Gasteiger partial charge in [-0.05, 0) is 43.8 Å². The molecule has 154 valence electrons. The number of para-hydroxylation sites is 1. The maximum Gasteiger partial charge on any atom is 0.419 e. The Morgan fingerprint density at radius 3 is 2.72 bits per heavy atom. The van der Waals surface area contributed by atoms with Crippen LogP contribution in [0.3, 0.4) is 0 Å². The molecule has 3 rings (SSSR count). The number of halogens is 1. The molecule has 0 aliphatic heterocycles. The van der Waals surface area contributed by atoms with E-state index in [1.54, 1.807) is 50.9 Å². The number of benzene rings is 1. The Morgan fingerprint density at radius 2 is 2.03 bits per heavy atom. The summed E-state index contributed by atoms with van der Waals surface area (Å²) in [5, 5.41) is 2.60. The Kier molecular flexibility index (Phi) is 6.33. The Balaban J connectivity index is 1.93. The van der Waals surface area contributed by atoms with Crippen molar-refractivity contribution >= 4 is 46.1 Å². The molecule has 0 spiro atoms. The maximum absolute atomic E-state index is 14.6. The zero-order valence-corrected chi connectivity index (χ0v) is 18.3. The molecule has 3 aromatic rings. The smallest absolute Gasteiger partial charge is 0.419 e. The molecule has 0 bridgehead atoms. The van der Waals surface area contributed by atoms with Crippen molar-refractivity contribution in [3.05, 3.63) is 41.7 Å². The normalized spacial score (nSPS) is 11.6. The molecular formula is C21H22FNO4S2. The standard InChI is InChI=1S/C21H22FNO4S2/c1-21(2,3)27-20(25)23-11-15(14-6-5-7-16(22)19(14)23)13-10-18(29-12-13)28-9-8-17(24)26-4/h5-7,10-12H,8-9H2,1-4H3. The van der Waals surface area contributed by atoms with Crippen LogP contribution in [-0.4, -0.2) is 35.1 Å². The van der Waals surface area contributed by atoms with Gasteiger partial charge in [0.15, 0.2) is 0 Å². The highest BCUT2D eigenvalue weighted by atomic mass is 32.2. The fourth-order valence-electron chi connectivity index (χ4n) is 2.80. The van der Waals surface area contributed by atoms with Crippen molar-refractivity contribution in [2.24, 2.45) is 0 Å². The van der Waals surface area contributed by atoms with Crippen LogP contribution in [0.15, 0.2) is 40.1 Å². The van der Waals surface area contributed by atoms with Gasteiger partial charge in [-0.25, -0.2) is 13.8 Å². The number of hydrogen-bond donors (Lipinski definition) is 0. The average Bonchev–Trinajstić information content (AvgIpc) is 3.25. The molecule has 0 N–H and O–H groups in total. The average molecular weight is 436 g/mol. The van der Waals surface area contributed by atoms with Crippen molar-refractivity contribution in [3.63, 3.8) is 0 Å². The number of aromatic nitrogens is 1. The molecule has 0 unspecified atom stereocenters. The summed E-state index contributed by atoms with van der Waals surface area (Å²) in [6.45, 7) is 5.31. The van der Waals surface area contributed by atoms with Gasteiger partial charge in [0.25, 0.3) is 0 Å². The molecule has 0 radical (unpaired) electrons. The van der Waals surface area contributed by atoms with Gasteiger partial charge in [-0.1, -0.05) is 12.1 Å². The third-order valence-electron chi connectivity index (χ3n) is 4.03. The first-order valence-electron chi connectivity index (χ1n) is 9.01. The van der Waals surface area contributed by atoms with E-state index in [2.05, 4.69) is 4.74 Å². The zero-order valence-electron chi connectivity index (χ0n) is 16.7. The molecule has 0 aliphatic rings. The fourth-order valence-corrected chi connectivity index (χ4v) is 4.78. The molecule has 0 saturated heterocycles. The minimum atomic E-state index is -0.690. The Bertz CT molecular complexity index is 1050. The van der Waals surface area contributed by atoms with E-state index >= 15 is 0 Å². The monoisotopic (exact) mass is 435 g/mol. The highest BCUT2D eigenvalue weighted by Gasteiger charge is 2.23. The van der Waals surface area contributed by atoms with Crippen molar-refractivity contribution in [2.75, 3.05) is 12.9 Å². The van der Waals surface area contributed by atoms with Crippen LogP contribution < -0.4 is 0 Å². The van der Waals surface area contributed by atoms with Crippen molar-refractivity contribution < 1.29 is 23.5 Å². The topological polar surface area (TPSA) is 57.5 Å². The zero-order chi connectivity index (χ0) is 21.2. The molecule has 0 atom stereocenters. The third kappa shape index (κ3) is 5.00. The fraction of sp³-hybridized carbons (Fsp3) is 0.333. The van der Waals surface area contributed by atoms with E-state index in [0.29, 0.717) is 17.6 Å². The number of thioether (sulfide) groups is 1. The first-order valence-corrected chi connectivity index (χ1v) is 10.9. The van der Waals surface area contributed by atoms with Gasteiger partial charge in [0.05, 0.1) is 23.3 Å². The van der Waals surface area contributed by atoms with E-state index in [1.165, 1.54) is 29.1 Å². The van der Waals surface area contributed by atoms with Gasteiger partial charge in [-0.2, -0.15) is 0 Å². The largest absolute Gasteiger partial charge is 0.469 e. The Hall–Kier alpha value is -2.32. The second-order valence-electron chi connectivity index (χ2n) is 7.36. The SMILES string of the molecule is COC(=O)CCSc1cc(-c2cn(C(=O)OC(C)(C)C)c3c(F)cccc23)cs1. The lowest BCUT2D eigenvalue weighted by Gasteiger charge is -2.19. The van der Waals surface area contributed by atoms with Crippen molar-refractivity contribution in [1.29, 1.82) is 0 Å². The van der Waals surface area contributed by atoms with Crippen LogP contribution in [0.25, 0.3) is 22.0 Å². The van der Waals surface area contributed by atoms with Crippen molar-refractivity contribution in [3.8, 4) is 11.1 Å². The quantitative estimate of drug-likeness (QED) is 0.366. The van der Waals surface area contributed by atoms with Gasteiger partial charge in [-0.15, -0.1) is 23.1 Å². The molecule has 29 heavy (non-hydrogen) atoms. The van der Waals surface area contributed by atoms with Crippen LogP contribution in [0.5, 0.6) is 0 Å². The predicted molar refractivity (Wildman–Crippen MR) is 114 cm³/mol. The number of thiophene rings is 1. The minimum absolute atomic E-state index is 0.197. The summed E-state index contributed by atoms with van der Waals surface area (Å²) in [7, 11) is 1.37. The molecule has 2 aromatic heterocycles. The molecule has 8 heteroatoms. The number of nitrogens with zero attached hydrogens (tertiary/aromatic N) is 1. The van der Waals surface area contributed by atoms with Gasteiger partial charge < -0.3 is 9.47 Å². The predicted octanol–water partition coefficient (Wildman–Crippen LogP) is 5.95. The minimum Gasteiger partial charge on any atom is -0.469 e. The number of hydrogen-bond acceptors (Lipinski definition) is 6. The highest BCUT2D eigenvalue weighted by Crippen LogP contribution is 2.37. The summed E-state index contributed by atoms with van der Waals surface area (Å²) < 4.78 is 26.9. The van der Waals surface area contributed by atoms with Crippen LogP contribution in [0.2, 0.25) is 0 Å². The van der Waals surface area contributed by atoms with Crippen molar-refractivity contribution in [1.82, 2.24) is 4.57 Å². The second kappa shape index (κ2) is 8.59. The second-order valence-corrected chi connectivity index (χ2v) is 9.66. The molecule has 1 aromatic carbocycles. The molecule has 0 saturated carbocycles. The molecule has 0 amide bonds. The first-order chi connectivity index (χ1) is 13.7. The summed E-state index contributed by atoms with van der Waals surface area (Å²) in [5.74, 6) is -0.117. The van der Waals surface area contributed by atoms with E-state index in [-0.39, 0.29) is 11.5 Å². The molecule has 5 nitrogen and oxygen atoms in total. The van der Waals surface area contributed by atoms with E-state index in [4.69, 9.17) is 4.74 Å². The van der Waals surface area contributed by atoms with E-state index < -0.39 is 17.5 Å². The number of fused-ring (bicyclic) bond motifs is 1. The lowest BCUT2D eigenvalue weighted by Crippen LogP contribution is -2.26. The summed E-state index contributed by atoms with van der Waals surface area (Å²) in [6.07, 6.45) is 1.33. The number of esters is 1. The number of carbonyl (C=O) groups is 2. The molecule has 0 fully saturated rings. The van der Waals surface area contributed by atoms with Crippen LogP contribution in [0.1, 0.15) is 27.2 Å². The number of rotatable bonds is 5. The van der Waals surface area contributed by atoms with Crippen molar-refractivity contribution in [2.45, 2.75) is 37.0 Å². The molecular weight excluding hydrogens is 413 g/mol. The van der Waals surface area contributed by atoms with Crippen LogP contribution in [0.4, 0.5) is 9.18 Å². The number of carbonyl (C=O) groups excluding carboxylic acids is 2. The van der Waals surface area contributed by atoms with E-state index in [1.807, 2.05) is 11.4 Å². The van der Waals surface area contributed by atoms with Crippen LogP contribution in [-0.2, 0) is 14.3 Å². The first kappa shape index (κ1) is 21.4. The van der Waals surface area contributed by atoms with E-state index in [9.17, 15) is 14.0 Å². The number of ether oxygens (including phenoxy) is 2. The summed E-state index contributed by atoms with van der Waals surface area (Å²) >= 11 is 3.09. The lowest BCUT2D eigenvalue weighted by atomic mass is 10.1. The van der Waals surface area contributed by atoms with Gasteiger partial charge in [0, 0.05) is 22.9 Å². The van der Waals surface area contributed by atoms with Crippen LogP contribution in [0, 0.1) is 5.82 Å². The third-order valence-corrected chi connectivity index (χ3v) is 6.21. The van der Waals surface area contributed by atoms with E-state index in [0.717, 1.165) is 15.3 Å². The summed E-state index contributed by atoms with van der Waals surface area (Å²) in [4.78, 5) is 23.9. The highest BCUT2D eigenvalue weighted by molar-refractivity contribution is 8.01. The molecule has 0 aliphatic carbocycles. The maximum atomic E-state index is 14.6. The summed E-state index contributed by atoms with van der Waals surface area (Å²) in [6, 6.07) is 6.72. The Morgan fingerprint density at radius 1 is 1.28 bits per heavy atom. The Labute approximate surface area is 176 Å². The van der Waals surface area contributed by atoms with Gasteiger partial charge in [-0.3, -0.25) is 4.79 Å². The summed E-state index contributed by atoms with van der Waals surface area (Å²) in [5.41, 5.74) is 1.14. The van der Waals surface area contributed by atoms with Gasteiger partial charge in [0.1, 0.15) is 11.4 Å². The van der Waals surface area contributed by atoms with Crippen LogP contribution >= 0.6 is 23.1 Å². The molecule has 2 heterocycles. The van der Waals surface area contributed by atoms with Gasteiger partial charge >= 0.3 is 12.1 Å².